The van der Waals surface area contributed by atoms with E-state index in [0.717, 1.165) is 18.4 Å². The summed E-state index contributed by atoms with van der Waals surface area (Å²) < 4.78 is 10.8. The van der Waals surface area contributed by atoms with Crippen LogP contribution < -0.4 is 20.3 Å². The van der Waals surface area contributed by atoms with E-state index >= 15 is 0 Å². The molecular formula is C19H23ClN4O3. The molecule has 1 fully saturated rings. The van der Waals surface area contributed by atoms with Crippen molar-refractivity contribution in [2.75, 3.05) is 19.1 Å². The van der Waals surface area contributed by atoms with Crippen LogP contribution in [0.15, 0.2) is 30.5 Å². The summed E-state index contributed by atoms with van der Waals surface area (Å²) in [5.41, 5.74) is 6.23. The Bertz CT molecular complexity index is 781. The monoisotopic (exact) mass is 390 g/mol. The van der Waals surface area contributed by atoms with Crippen LogP contribution in [0.5, 0.6) is 11.6 Å². The smallest absolute Gasteiger partial charge is 0.276 e. The number of nitrogens with one attached hydrogen (secondary N) is 2. The average Bonchev–Trinajstić information content (AvgIpc) is 2.72. The van der Waals surface area contributed by atoms with Gasteiger partial charge in [0.1, 0.15) is 5.75 Å². The zero-order valence-corrected chi connectivity index (χ0v) is 16.0. The third-order valence-electron chi connectivity index (χ3n) is 4.53. The van der Waals surface area contributed by atoms with Crippen LogP contribution in [-0.4, -0.2) is 29.6 Å². The van der Waals surface area contributed by atoms with Crippen LogP contribution in [0.1, 0.15) is 43.6 Å². The molecule has 0 spiro atoms. The molecule has 3 rings (SSSR count). The number of rotatable bonds is 7. The molecule has 0 atom stereocenters. The van der Waals surface area contributed by atoms with E-state index in [1.807, 2.05) is 12.1 Å². The third kappa shape index (κ3) is 5.47. The molecular weight excluding hydrogens is 368 g/mol. The third-order valence-corrected chi connectivity index (χ3v) is 4.76. The van der Waals surface area contributed by atoms with E-state index in [1.165, 1.54) is 32.6 Å². The van der Waals surface area contributed by atoms with Crippen molar-refractivity contribution in [3.63, 3.8) is 0 Å². The van der Waals surface area contributed by atoms with Crippen molar-refractivity contribution in [2.45, 2.75) is 38.0 Å². The van der Waals surface area contributed by atoms with Crippen LogP contribution in [0.4, 0.5) is 5.95 Å². The van der Waals surface area contributed by atoms with Gasteiger partial charge < -0.3 is 9.47 Å². The molecule has 1 aliphatic carbocycles. The Morgan fingerprint density at radius 3 is 2.85 bits per heavy atom. The van der Waals surface area contributed by atoms with E-state index in [1.54, 1.807) is 12.1 Å². The molecule has 2 N–H and O–H groups in total. The minimum Gasteiger partial charge on any atom is -0.483 e. The van der Waals surface area contributed by atoms with E-state index in [0.29, 0.717) is 22.6 Å². The van der Waals surface area contributed by atoms with Gasteiger partial charge in [0.05, 0.1) is 7.11 Å². The fourth-order valence-electron chi connectivity index (χ4n) is 3.20. The van der Waals surface area contributed by atoms with Crippen LogP contribution in [-0.2, 0) is 4.79 Å². The van der Waals surface area contributed by atoms with E-state index in [9.17, 15) is 4.79 Å². The fraction of sp³-hybridized carbons (Fsp3) is 0.421. The number of carbonyl (C=O) groups is 1. The van der Waals surface area contributed by atoms with Crippen molar-refractivity contribution in [2.24, 2.45) is 0 Å². The quantitative estimate of drug-likeness (QED) is 0.701. The predicted octanol–water partition coefficient (Wildman–Crippen LogP) is 3.71. The molecule has 0 bridgehead atoms. The number of methoxy groups -OCH3 is 1. The van der Waals surface area contributed by atoms with E-state index < -0.39 is 0 Å². The molecule has 8 heteroatoms. The van der Waals surface area contributed by atoms with Crippen molar-refractivity contribution in [1.82, 2.24) is 15.4 Å². The van der Waals surface area contributed by atoms with Gasteiger partial charge in [0.15, 0.2) is 6.61 Å². The number of hydrazine groups is 1. The summed E-state index contributed by atoms with van der Waals surface area (Å²) in [6.07, 6.45) is 7.47. The van der Waals surface area contributed by atoms with Crippen LogP contribution >= 0.6 is 11.6 Å². The van der Waals surface area contributed by atoms with Crippen LogP contribution in [0.25, 0.3) is 0 Å². The van der Waals surface area contributed by atoms with Gasteiger partial charge in [-0.25, -0.2) is 4.98 Å². The average molecular weight is 391 g/mol. The molecule has 0 radical (unpaired) electrons. The molecule has 0 unspecified atom stereocenters. The number of benzene rings is 1. The van der Waals surface area contributed by atoms with Crippen molar-refractivity contribution in [3.8, 4) is 11.6 Å². The Balaban J connectivity index is 1.56. The highest BCUT2D eigenvalue weighted by molar-refractivity contribution is 6.30. The second-order valence-electron chi connectivity index (χ2n) is 6.40. The molecule has 1 aliphatic rings. The first-order chi connectivity index (χ1) is 13.2. The highest BCUT2D eigenvalue weighted by atomic mass is 35.5. The van der Waals surface area contributed by atoms with E-state index in [-0.39, 0.29) is 18.5 Å². The summed E-state index contributed by atoms with van der Waals surface area (Å²) in [6.45, 7) is -0.127. The number of amides is 1. The Labute approximate surface area is 163 Å². The number of carbonyl (C=O) groups excluding carboxylic acids is 1. The van der Waals surface area contributed by atoms with Gasteiger partial charge >= 0.3 is 0 Å². The van der Waals surface area contributed by atoms with Crippen molar-refractivity contribution in [3.05, 3.63) is 41.0 Å². The maximum atomic E-state index is 12.1. The molecule has 7 nitrogen and oxygen atoms in total. The summed E-state index contributed by atoms with van der Waals surface area (Å²) in [7, 11) is 1.51. The molecule has 1 amide bonds. The fourth-order valence-corrected chi connectivity index (χ4v) is 3.38. The van der Waals surface area contributed by atoms with Gasteiger partial charge in [0.2, 0.25) is 11.8 Å². The summed E-state index contributed by atoms with van der Waals surface area (Å²) in [4.78, 5) is 20.1. The lowest BCUT2D eigenvalue weighted by atomic mass is 9.84. The van der Waals surface area contributed by atoms with Gasteiger partial charge in [-0.1, -0.05) is 30.9 Å². The van der Waals surface area contributed by atoms with Crippen molar-refractivity contribution < 1.29 is 14.3 Å². The molecule has 1 aromatic heterocycles. The lowest BCUT2D eigenvalue weighted by molar-refractivity contribution is -0.122. The standard InChI is InChI=1S/C19H23ClN4O3/c1-26-18-9-10-21-19(22-18)24-23-17(25)12-27-16-8-7-14(20)11-15(16)13-5-3-2-4-6-13/h7-11,13H,2-6,12H2,1H3,(H,23,25)(H,21,22,24). The summed E-state index contributed by atoms with van der Waals surface area (Å²) >= 11 is 6.17. The first-order valence-corrected chi connectivity index (χ1v) is 9.37. The van der Waals surface area contributed by atoms with E-state index in [4.69, 9.17) is 21.1 Å². The topological polar surface area (TPSA) is 85.4 Å². The lowest BCUT2D eigenvalue weighted by Gasteiger charge is -2.24. The lowest BCUT2D eigenvalue weighted by Crippen LogP contribution is -2.34. The summed E-state index contributed by atoms with van der Waals surface area (Å²) in [5, 5.41) is 0.684. The number of aromatic nitrogens is 2. The second kappa shape index (κ2) is 9.41. The molecule has 0 aliphatic heterocycles. The molecule has 0 saturated heterocycles. The Kier molecular flexibility index (Phi) is 6.70. The van der Waals surface area contributed by atoms with Crippen molar-refractivity contribution in [1.29, 1.82) is 0 Å². The molecule has 144 valence electrons. The molecule has 1 saturated carbocycles. The summed E-state index contributed by atoms with van der Waals surface area (Å²) in [5.74, 6) is 1.43. The number of hydrogen-bond donors (Lipinski definition) is 2. The highest BCUT2D eigenvalue weighted by Gasteiger charge is 2.20. The summed E-state index contributed by atoms with van der Waals surface area (Å²) in [6, 6.07) is 7.18. The van der Waals surface area contributed by atoms with E-state index in [2.05, 4.69) is 20.8 Å². The van der Waals surface area contributed by atoms with Crippen LogP contribution in [0, 0.1) is 0 Å². The Morgan fingerprint density at radius 2 is 2.07 bits per heavy atom. The number of nitrogens with zero attached hydrogens (tertiary/aromatic N) is 2. The van der Waals surface area contributed by atoms with Crippen molar-refractivity contribution >= 4 is 23.5 Å². The number of ether oxygens (including phenoxy) is 2. The predicted molar refractivity (Wildman–Crippen MR) is 103 cm³/mol. The van der Waals surface area contributed by atoms with Crippen LogP contribution in [0.3, 0.4) is 0 Å². The minimum absolute atomic E-state index is 0.127. The number of anilines is 1. The first kappa shape index (κ1) is 19.2. The van der Waals surface area contributed by atoms with Gasteiger partial charge in [-0.05, 0) is 42.5 Å². The number of halogens is 1. The minimum atomic E-state index is -0.342. The van der Waals surface area contributed by atoms with Gasteiger partial charge in [0, 0.05) is 17.3 Å². The van der Waals surface area contributed by atoms with Gasteiger partial charge in [-0.15, -0.1) is 0 Å². The molecule has 1 heterocycles. The van der Waals surface area contributed by atoms with Crippen LogP contribution in [0.2, 0.25) is 5.02 Å². The molecule has 27 heavy (non-hydrogen) atoms. The van der Waals surface area contributed by atoms with Gasteiger partial charge in [0.25, 0.3) is 5.91 Å². The highest BCUT2D eigenvalue weighted by Crippen LogP contribution is 2.38. The Morgan fingerprint density at radius 1 is 1.26 bits per heavy atom. The maximum Gasteiger partial charge on any atom is 0.276 e. The zero-order valence-electron chi connectivity index (χ0n) is 15.2. The largest absolute Gasteiger partial charge is 0.483 e. The SMILES string of the molecule is COc1ccnc(NNC(=O)COc2ccc(Cl)cc2C2CCCCC2)n1. The first-order valence-electron chi connectivity index (χ1n) is 9.00. The number of hydrogen-bond acceptors (Lipinski definition) is 6. The maximum absolute atomic E-state index is 12.1. The van der Waals surface area contributed by atoms with Gasteiger partial charge in [-0.3, -0.25) is 15.6 Å². The second-order valence-corrected chi connectivity index (χ2v) is 6.84. The molecule has 2 aromatic rings. The normalized spacial score (nSPS) is 14.4. The zero-order chi connectivity index (χ0) is 19.1. The Hall–Kier alpha value is -2.54. The van der Waals surface area contributed by atoms with Gasteiger partial charge in [-0.2, -0.15) is 4.98 Å². The molecule has 1 aromatic carbocycles.